The zero-order valence-electron chi connectivity index (χ0n) is 13.7. The summed E-state index contributed by atoms with van der Waals surface area (Å²) in [5.41, 5.74) is -4.53. The van der Waals surface area contributed by atoms with E-state index in [2.05, 4.69) is 6.58 Å². The largest absolute Gasteiger partial charge is 0.416 e. The second-order valence-electron chi connectivity index (χ2n) is 5.83. The van der Waals surface area contributed by atoms with E-state index < -0.39 is 34.9 Å². The number of ketones is 1. The average Bonchev–Trinajstić information content (AvgIpc) is 2.60. The summed E-state index contributed by atoms with van der Waals surface area (Å²) in [5, 5.41) is 10.8. The van der Waals surface area contributed by atoms with Gasteiger partial charge >= 0.3 is 12.4 Å². The molecule has 1 N–H and O–H groups in total. The summed E-state index contributed by atoms with van der Waals surface area (Å²) in [6.07, 6.45) is -8.32. The van der Waals surface area contributed by atoms with Crippen LogP contribution in [0.3, 0.4) is 0 Å². The molecule has 2 aromatic rings. The van der Waals surface area contributed by atoms with E-state index in [9.17, 15) is 36.2 Å². The molecule has 0 saturated carbocycles. The molecule has 1 unspecified atom stereocenters. The zero-order valence-corrected chi connectivity index (χ0v) is 13.7. The fourth-order valence-corrected chi connectivity index (χ4v) is 2.53. The van der Waals surface area contributed by atoms with Gasteiger partial charge < -0.3 is 5.11 Å². The Hall–Kier alpha value is -2.61. The van der Waals surface area contributed by atoms with Crippen molar-refractivity contribution in [1.29, 1.82) is 0 Å². The van der Waals surface area contributed by atoms with Crippen molar-refractivity contribution in [1.82, 2.24) is 0 Å². The molecular formula is C19H14F6O2. The van der Waals surface area contributed by atoms with Gasteiger partial charge in [0.15, 0.2) is 11.4 Å². The molecule has 0 aromatic heterocycles. The summed E-state index contributed by atoms with van der Waals surface area (Å²) in [6.45, 7) is 3.41. The highest BCUT2D eigenvalue weighted by Gasteiger charge is 2.39. The molecule has 0 radical (unpaired) electrons. The van der Waals surface area contributed by atoms with Crippen molar-refractivity contribution < 1.29 is 36.2 Å². The number of carbonyl (C=O) groups excluding carboxylic acids is 1. The van der Waals surface area contributed by atoms with Crippen molar-refractivity contribution in [3.05, 3.63) is 83.4 Å². The van der Waals surface area contributed by atoms with Crippen LogP contribution in [0, 0.1) is 0 Å². The van der Waals surface area contributed by atoms with E-state index >= 15 is 0 Å². The first-order valence-electron chi connectivity index (χ1n) is 7.62. The molecule has 0 heterocycles. The van der Waals surface area contributed by atoms with E-state index in [4.69, 9.17) is 0 Å². The molecule has 1 atom stereocenters. The molecular weight excluding hydrogens is 374 g/mol. The van der Waals surface area contributed by atoms with Gasteiger partial charge in [-0.05, 0) is 29.8 Å². The third-order valence-electron chi connectivity index (χ3n) is 3.98. The Bertz CT molecular complexity index is 819. The zero-order chi connectivity index (χ0) is 20.5. The van der Waals surface area contributed by atoms with Crippen LogP contribution in [0.4, 0.5) is 26.3 Å². The van der Waals surface area contributed by atoms with Crippen LogP contribution in [0.1, 0.15) is 33.5 Å². The summed E-state index contributed by atoms with van der Waals surface area (Å²) >= 11 is 0. The van der Waals surface area contributed by atoms with Gasteiger partial charge in [0.25, 0.3) is 0 Å². The van der Waals surface area contributed by atoms with E-state index in [1.165, 1.54) is 6.08 Å². The molecule has 0 aliphatic rings. The minimum atomic E-state index is -4.59. The van der Waals surface area contributed by atoms with Gasteiger partial charge in [-0.1, -0.05) is 30.3 Å². The number of aliphatic hydroxyl groups is 1. The number of hydrogen-bond acceptors (Lipinski definition) is 2. The van der Waals surface area contributed by atoms with Gasteiger partial charge in [0.05, 0.1) is 11.1 Å². The quantitative estimate of drug-likeness (QED) is 0.425. The van der Waals surface area contributed by atoms with E-state index in [1.807, 2.05) is 0 Å². The lowest BCUT2D eigenvalue weighted by Gasteiger charge is -2.26. The molecule has 0 spiro atoms. The maximum atomic E-state index is 12.7. The lowest BCUT2D eigenvalue weighted by molar-refractivity contribution is -0.138. The van der Waals surface area contributed by atoms with Crippen LogP contribution in [0.5, 0.6) is 0 Å². The van der Waals surface area contributed by atoms with E-state index in [0.29, 0.717) is 24.3 Å². The predicted octanol–water partition coefficient (Wildman–Crippen LogP) is 5.37. The van der Waals surface area contributed by atoms with Gasteiger partial charge in [-0.25, -0.2) is 0 Å². The molecule has 0 aliphatic heterocycles. The minimum absolute atomic E-state index is 0.125. The minimum Gasteiger partial charge on any atom is -0.377 e. The van der Waals surface area contributed by atoms with Crippen LogP contribution in [-0.2, 0) is 18.0 Å². The van der Waals surface area contributed by atoms with Gasteiger partial charge in [-0.3, -0.25) is 4.79 Å². The van der Waals surface area contributed by atoms with Crippen LogP contribution in [0.2, 0.25) is 0 Å². The number of Topliss-reactive ketones (excluding diaryl/α,β-unsaturated/α-hetero) is 1. The molecule has 0 amide bonds. The maximum Gasteiger partial charge on any atom is 0.416 e. The average molecular weight is 388 g/mol. The van der Waals surface area contributed by atoms with Crippen LogP contribution in [0.15, 0.2) is 61.2 Å². The molecule has 27 heavy (non-hydrogen) atoms. The van der Waals surface area contributed by atoms with E-state index in [1.54, 1.807) is 0 Å². The van der Waals surface area contributed by atoms with Gasteiger partial charge in [0, 0.05) is 12.0 Å². The first-order valence-corrected chi connectivity index (χ1v) is 7.62. The first kappa shape index (κ1) is 20.7. The standard InChI is InChI=1S/C19H14F6O2/c1-2-11-17(27,13-7-9-15(10-8-13)19(23,24)25)16(26)12-3-5-14(6-4-12)18(20,21)22/h2-10,27H,1,11H2. The smallest absolute Gasteiger partial charge is 0.377 e. The Kier molecular flexibility index (Phi) is 5.51. The van der Waals surface area contributed by atoms with Crippen LogP contribution < -0.4 is 0 Å². The molecule has 0 saturated heterocycles. The molecule has 2 aromatic carbocycles. The normalized spacial score (nSPS) is 14.5. The van der Waals surface area contributed by atoms with Crippen LogP contribution >= 0.6 is 0 Å². The molecule has 0 bridgehead atoms. The Labute approximate surface area is 150 Å². The topological polar surface area (TPSA) is 37.3 Å². The third-order valence-corrected chi connectivity index (χ3v) is 3.98. The highest BCUT2D eigenvalue weighted by molar-refractivity contribution is 6.03. The second kappa shape index (κ2) is 7.19. The molecule has 2 rings (SSSR count). The number of benzene rings is 2. The Morgan fingerprint density at radius 2 is 1.19 bits per heavy atom. The lowest BCUT2D eigenvalue weighted by Crippen LogP contribution is -2.35. The van der Waals surface area contributed by atoms with Crippen LogP contribution in [0.25, 0.3) is 0 Å². The molecule has 0 fully saturated rings. The lowest BCUT2D eigenvalue weighted by atomic mass is 9.83. The van der Waals surface area contributed by atoms with Crippen molar-refractivity contribution >= 4 is 5.78 Å². The van der Waals surface area contributed by atoms with E-state index in [0.717, 1.165) is 24.3 Å². The molecule has 2 nitrogen and oxygen atoms in total. The monoisotopic (exact) mass is 388 g/mol. The number of hydrogen-bond donors (Lipinski definition) is 1. The summed E-state index contributed by atoms with van der Waals surface area (Å²) in [4.78, 5) is 12.7. The highest BCUT2D eigenvalue weighted by Crippen LogP contribution is 2.35. The summed E-state index contributed by atoms with van der Waals surface area (Å²) in [7, 11) is 0. The van der Waals surface area contributed by atoms with Gasteiger partial charge in [0.2, 0.25) is 0 Å². The number of halogens is 6. The van der Waals surface area contributed by atoms with Gasteiger partial charge in [-0.2, -0.15) is 26.3 Å². The fourth-order valence-electron chi connectivity index (χ4n) is 2.53. The summed E-state index contributed by atoms with van der Waals surface area (Å²) in [6, 6.07) is 6.52. The Balaban J connectivity index is 2.42. The number of carbonyl (C=O) groups is 1. The van der Waals surface area contributed by atoms with Crippen molar-refractivity contribution in [3.8, 4) is 0 Å². The summed E-state index contributed by atoms with van der Waals surface area (Å²) in [5.74, 6) is -0.948. The SMILES string of the molecule is C=CCC(O)(C(=O)c1ccc(C(F)(F)F)cc1)c1ccc(C(F)(F)F)cc1. The van der Waals surface area contributed by atoms with Crippen molar-refractivity contribution in [3.63, 3.8) is 0 Å². The van der Waals surface area contributed by atoms with Crippen molar-refractivity contribution in [2.45, 2.75) is 24.4 Å². The molecule has 144 valence electrons. The van der Waals surface area contributed by atoms with E-state index in [-0.39, 0.29) is 17.5 Å². The Morgan fingerprint density at radius 3 is 1.56 bits per heavy atom. The summed E-state index contributed by atoms with van der Waals surface area (Å²) < 4.78 is 76.0. The highest BCUT2D eigenvalue weighted by atomic mass is 19.4. The predicted molar refractivity (Wildman–Crippen MR) is 85.9 cm³/mol. The number of alkyl halides is 6. The molecule has 0 aliphatic carbocycles. The van der Waals surface area contributed by atoms with Gasteiger partial charge in [0.1, 0.15) is 0 Å². The molecule has 8 heteroatoms. The van der Waals surface area contributed by atoms with Crippen LogP contribution in [-0.4, -0.2) is 10.9 Å². The third kappa shape index (κ3) is 4.39. The maximum absolute atomic E-state index is 12.7. The van der Waals surface area contributed by atoms with Crippen molar-refractivity contribution in [2.24, 2.45) is 0 Å². The van der Waals surface area contributed by atoms with Gasteiger partial charge in [-0.15, -0.1) is 6.58 Å². The first-order chi connectivity index (χ1) is 12.4. The second-order valence-corrected chi connectivity index (χ2v) is 5.83. The number of rotatable bonds is 5. The van der Waals surface area contributed by atoms with Crippen molar-refractivity contribution in [2.75, 3.05) is 0 Å². The Morgan fingerprint density at radius 1 is 0.815 bits per heavy atom. The fraction of sp³-hybridized carbons (Fsp3) is 0.211.